The zero-order chi connectivity index (χ0) is 15.5. The Morgan fingerprint density at radius 1 is 1.14 bits per heavy atom. The first kappa shape index (κ1) is 14.8. The fraction of sp³-hybridized carbons (Fsp3) is 0.0769. The second-order valence-corrected chi connectivity index (χ2v) is 3.91. The van der Waals surface area contributed by atoms with Crippen molar-refractivity contribution in [3.05, 3.63) is 53.7 Å². The molecule has 0 aliphatic heterocycles. The molecule has 1 amide bonds. The zero-order valence-electron chi connectivity index (χ0n) is 10.3. The maximum atomic E-state index is 12.6. The molecule has 0 spiro atoms. The van der Waals surface area contributed by atoms with Crippen LogP contribution in [-0.2, 0) is 6.18 Å². The van der Waals surface area contributed by atoms with E-state index in [-0.39, 0.29) is 17.3 Å². The van der Waals surface area contributed by atoms with E-state index in [2.05, 4.69) is 4.98 Å². The van der Waals surface area contributed by atoms with Crippen LogP contribution in [0.2, 0.25) is 0 Å². The zero-order valence-corrected chi connectivity index (χ0v) is 10.3. The second-order valence-electron chi connectivity index (χ2n) is 3.91. The first-order chi connectivity index (χ1) is 9.90. The van der Waals surface area contributed by atoms with Crippen LogP contribution in [0.5, 0.6) is 11.6 Å². The SMILES string of the molecule is O=C(NF)c1cccc(Oc2cccc(C(F)(F)F)c2)n1. The molecule has 110 valence electrons. The molecule has 21 heavy (non-hydrogen) atoms. The number of hydrogen-bond acceptors (Lipinski definition) is 3. The summed E-state index contributed by atoms with van der Waals surface area (Å²) < 4.78 is 54.8. The maximum Gasteiger partial charge on any atom is 0.416 e. The van der Waals surface area contributed by atoms with E-state index in [1.165, 1.54) is 30.3 Å². The van der Waals surface area contributed by atoms with Crippen LogP contribution in [0.1, 0.15) is 16.1 Å². The van der Waals surface area contributed by atoms with Crippen LogP contribution in [-0.4, -0.2) is 10.9 Å². The summed E-state index contributed by atoms with van der Waals surface area (Å²) >= 11 is 0. The van der Waals surface area contributed by atoms with Gasteiger partial charge >= 0.3 is 6.18 Å². The third-order valence-electron chi connectivity index (χ3n) is 2.43. The summed E-state index contributed by atoms with van der Waals surface area (Å²) in [5, 5.41) is 0. The summed E-state index contributed by atoms with van der Waals surface area (Å²) in [5.74, 6) is -1.31. The molecule has 4 nitrogen and oxygen atoms in total. The number of hydrogen-bond donors (Lipinski definition) is 1. The molecule has 0 bridgehead atoms. The van der Waals surface area contributed by atoms with E-state index in [4.69, 9.17) is 4.74 Å². The highest BCUT2D eigenvalue weighted by atomic mass is 19.4. The number of nitrogens with zero attached hydrogens (tertiary/aromatic N) is 1. The van der Waals surface area contributed by atoms with Crippen LogP contribution in [0.15, 0.2) is 42.5 Å². The summed E-state index contributed by atoms with van der Waals surface area (Å²) in [6.07, 6.45) is -4.50. The topological polar surface area (TPSA) is 51.2 Å². The quantitative estimate of drug-likeness (QED) is 0.697. The van der Waals surface area contributed by atoms with Crippen molar-refractivity contribution < 1.29 is 27.2 Å². The van der Waals surface area contributed by atoms with Gasteiger partial charge in [0.25, 0.3) is 5.91 Å². The summed E-state index contributed by atoms with van der Waals surface area (Å²) in [5.41, 5.74) is -0.244. The minimum absolute atomic E-state index is 0.102. The van der Waals surface area contributed by atoms with Gasteiger partial charge in [0.1, 0.15) is 11.4 Å². The Bertz CT molecular complexity index is 659. The van der Waals surface area contributed by atoms with Gasteiger partial charge in [0.15, 0.2) is 0 Å². The van der Waals surface area contributed by atoms with Crippen molar-refractivity contribution in [3.63, 3.8) is 0 Å². The number of aromatic nitrogens is 1. The van der Waals surface area contributed by atoms with Crippen molar-refractivity contribution in [2.24, 2.45) is 0 Å². The molecule has 0 atom stereocenters. The predicted molar refractivity (Wildman–Crippen MR) is 64.3 cm³/mol. The highest BCUT2D eigenvalue weighted by Crippen LogP contribution is 2.32. The average molecular weight is 300 g/mol. The highest BCUT2D eigenvalue weighted by molar-refractivity contribution is 5.91. The summed E-state index contributed by atoms with van der Waals surface area (Å²) in [4.78, 5) is 14.7. The van der Waals surface area contributed by atoms with Crippen LogP contribution in [0.3, 0.4) is 0 Å². The number of rotatable bonds is 3. The van der Waals surface area contributed by atoms with Gasteiger partial charge in [0.05, 0.1) is 5.56 Å². The number of amides is 1. The van der Waals surface area contributed by atoms with E-state index < -0.39 is 17.6 Å². The third kappa shape index (κ3) is 3.68. The number of halogens is 4. The first-order valence-corrected chi connectivity index (χ1v) is 5.63. The lowest BCUT2D eigenvalue weighted by molar-refractivity contribution is -0.137. The van der Waals surface area contributed by atoms with Crippen molar-refractivity contribution in [1.29, 1.82) is 0 Å². The molecule has 2 aromatic rings. The molecule has 0 saturated carbocycles. The molecule has 0 aliphatic carbocycles. The molecule has 0 saturated heterocycles. The van der Waals surface area contributed by atoms with Gasteiger partial charge in [0, 0.05) is 6.07 Å². The van der Waals surface area contributed by atoms with Crippen molar-refractivity contribution in [1.82, 2.24) is 10.5 Å². The number of nitrogens with one attached hydrogen (secondary N) is 1. The Balaban J connectivity index is 2.24. The van der Waals surface area contributed by atoms with Gasteiger partial charge in [-0.2, -0.15) is 18.7 Å². The first-order valence-electron chi connectivity index (χ1n) is 5.63. The van der Waals surface area contributed by atoms with Gasteiger partial charge < -0.3 is 4.74 Å². The van der Waals surface area contributed by atoms with E-state index in [1.807, 2.05) is 0 Å². The number of pyridine rings is 1. The Labute approximate surface area is 116 Å². The normalized spacial score (nSPS) is 11.0. The molecule has 1 aromatic heterocycles. The number of benzene rings is 1. The summed E-state index contributed by atoms with van der Waals surface area (Å²) in [6.45, 7) is 0. The Hall–Kier alpha value is -2.64. The van der Waals surface area contributed by atoms with Crippen LogP contribution in [0, 0.1) is 0 Å². The van der Waals surface area contributed by atoms with Crippen LogP contribution < -0.4 is 10.3 Å². The van der Waals surface area contributed by atoms with Crippen molar-refractivity contribution >= 4 is 5.91 Å². The Morgan fingerprint density at radius 2 is 1.86 bits per heavy atom. The van der Waals surface area contributed by atoms with Crippen molar-refractivity contribution in [2.45, 2.75) is 6.18 Å². The molecule has 0 fully saturated rings. The van der Waals surface area contributed by atoms with Gasteiger partial charge in [-0.15, -0.1) is 0 Å². The summed E-state index contributed by atoms with van der Waals surface area (Å²) in [7, 11) is 0. The Morgan fingerprint density at radius 3 is 2.52 bits per heavy atom. The molecule has 1 N–H and O–H groups in total. The summed E-state index contributed by atoms with van der Waals surface area (Å²) in [6, 6.07) is 8.09. The van der Waals surface area contributed by atoms with Gasteiger partial charge in [-0.25, -0.2) is 4.98 Å². The smallest absolute Gasteiger partial charge is 0.416 e. The third-order valence-corrected chi connectivity index (χ3v) is 2.43. The molecular weight excluding hydrogens is 292 g/mol. The van der Waals surface area contributed by atoms with E-state index >= 15 is 0 Å². The molecule has 1 heterocycles. The number of carbonyl (C=O) groups excluding carboxylic acids is 1. The van der Waals surface area contributed by atoms with E-state index in [0.717, 1.165) is 17.7 Å². The van der Waals surface area contributed by atoms with Crippen LogP contribution >= 0.6 is 0 Å². The van der Waals surface area contributed by atoms with Gasteiger partial charge in [-0.1, -0.05) is 16.6 Å². The predicted octanol–water partition coefficient (Wildman–Crippen LogP) is 3.51. The van der Waals surface area contributed by atoms with Crippen LogP contribution in [0.25, 0.3) is 0 Å². The fourth-order valence-electron chi connectivity index (χ4n) is 1.50. The minimum Gasteiger partial charge on any atom is -0.439 e. The van der Waals surface area contributed by atoms with Gasteiger partial charge in [0.2, 0.25) is 5.88 Å². The molecule has 0 aliphatic rings. The number of ether oxygens (including phenoxy) is 1. The number of alkyl halides is 3. The van der Waals surface area contributed by atoms with Gasteiger partial charge in [-0.3, -0.25) is 4.79 Å². The number of carbonyl (C=O) groups is 1. The largest absolute Gasteiger partial charge is 0.439 e. The van der Waals surface area contributed by atoms with Crippen LogP contribution in [0.4, 0.5) is 17.7 Å². The standard InChI is InChI=1S/C13H8F4N2O2/c14-13(15,16)8-3-1-4-9(7-8)21-11-6-2-5-10(18-11)12(20)19-17/h1-7H,(H,19,20). The second kappa shape index (κ2) is 5.78. The lowest BCUT2D eigenvalue weighted by Gasteiger charge is -2.09. The lowest BCUT2D eigenvalue weighted by atomic mass is 10.2. The van der Waals surface area contributed by atoms with Crippen molar-refractivity contribution in [3.8, 4) is 11.6 Å². The van der Waals surface area contributed by atoms with E-state index in [9.17, 15) is 22.4 Å². The highest BCUT2D eigenvalue weighted by Gasteiger charge is 2.30. The lowest BCUT2D eigenvalue weighted by Crippen LogP contribution is -2.15. The fourth-order valence-corrected chi connectivity index (χ4v) is 1.50. The molecule has 8 heteroatoms. The average Bonchev–Trinajstić information content (AvgIpc) is 2.46. The maximum absolute atomic E-state index is 12.6. The van der Waals surface area contributed by atoms with E-state index in [1.54, 1.807) is 0 Å². The van der Waals surface area contributed by atoms with E-state index in [0.29, 0.717) is 0 Å². The molecule has 1 aromatic carbocycles. The monoisotopic (exact) mass is 300 g/mol. The minimum atomic E-state index is -4.50. The molecule has 0 radical (unpaired) electrons. The van der Waals surface area contributed by atoms with Crippen molar-refractivity contribution in [2.75, 3.05) is 0 Å². The Kier molecular flexibility index (Phi) is 4.06. The molecule has 0 unspecified atom stereocenters. The molecular formula is C13H8F4N2O2. The van der Waals surface area contributed by atoms with Gasteiger partial charge in [-0.05, 0) is 24.3 Å². The molecule has 2 rings (SSSR count).